The quantitative estimate of drug-likeness (QED) is 0.633. The molecule has 1 heterocycles. The maximum absolute atomic E-state index is 5.77. The summed E-state index contributed by atoms with van der Waals surface area (Å²) in [6, 6.07) is 10.6. The van der Waals surface area contributed by atoms with E-state index in [2.05, 4.69) is 41.6 Å². The van der Waals surface area contributed by atoms with Crippen molar-refractivity contribution in [2.45, 2.75) is 38.3 Å². The Morgan fingerprint density at radius 3 is 3.00 bits per heavy atom. The lowest BCUT2D eigenvalue weighted by molar-refractivity contribution is -0.0291. The van der Waals surface area contributed by atoms with Crippen LogP contribution < -0.4 is 11.3 Å². The molecule has 3 N–H and O–H groups in total. The number of nitrogens with two attached hydrogens (primary N) is 1. The highest BCUT2D eigenvalue weighted by molar-refractivity contribution is 5.78. The largest absolute Gasteiger partial charge is 0.378 e. The second-order valence-corrected chi connectivity index (χ2v) is 5.83. The minimum atomic E-state index is 0.184. The van der Waals surface area contributed by atoms with Gasteiger partial charge in [0.2, 0.25) is 0 Å². The predicted molar refractivity (Wildman–Crippen MR) is 84.6 cm³/mol. The van der Waals surface area contributed by atoms with Gasteiger partial charge in [-0.05, 0) is 49.8 Å². The lowest BCUT2D eigenvalue weighted by Crippen LogP contribution is -2.36. The third kappa shape index (κ3) is 3.23. The summed E-state index contributed by atoms with van der Waals surface area (Å²) >= 11 is 0. The van der Waals surface area contributed by atoms with Crippen LogP contribution in [0, 0.1) is 5.92 Å². The maximum Gasteiger partial charge on any atom is 0.0705 e. The molecule has 0 radical (unpaired) electrons. The standard InChI is InChI=1S/C17H23N3O/c1-2-21-15-8-12(9-15)10-17(20-18)14-6-5-13-4-3-7-19-16(13)11-14/h3-7,11-12,15,17,20H,2,8-10,18H2,1H3. The normalized spacial score (nSPS) is 23.0. The van der Waals surface area contributed by atoms with E-state index in [1.54, 1.807) is 0 Å². The summed E-state index contributed by atoms with van der Waals surface area (Å²) in [4.78, 5) is 4.42. The van der Waals surface area contributed by atoms with E-state index in [9.17, 15) is 0 Å². The van der Waals surface area contributed by atoms with E-state index in [-0.39, 0.29) is 6.04 Å². The van der Waals surface area contributed by atoms with E-state index in [0.29, 0.717) is 12.0 Å². The molecule has 0 saturated heterocycles. The van der Waals surface area contributed by atoms with Gasteiger partial charge in [-0.25, -0.2) is 0 Å². The van der Waals surface area contributed by atoms with Gasteiger partial charge in [-0.15, -0.1) is 0 Å². The van der Waals surface area contributed by atoms with Gasteiger partial charge in [-0.2, -0.15) is 0 Å². The monoisotopic (exact) mass is 285 g/mol. The van der Waals surface area contributed by atoms with Gasteiger partial charge in [0.15, 0.2) is 0 Å². The lowest BCUT2D eigenvalue weighted by Gasteiger charge is -2.37. The third-order valence-electron chi connectivity index (χ3n) is 4.40. The van der Waals surface area contributed by atoms with E-state index in [4.69, 9.17) is 10.6 Å². The van der Waals surface area contributed by atoms with Crippen molar-refractivity contribution in [1.82, 2.24) is 10.4 Å². The number of benzene rings is 1. The zero-order chi connectivity index (χ0) is 14.7. The first kappa shape index (κ1) is 14.4. The molecule has 1 aromatic heterocycles. The summed E-state index contributed by atoms with van der Waals surface area (Å²) in [6.45, 7) is 2.87. The fourth-order valence-corrected chi connectivity index (χ4v) is 3.17. The molecule has 1 atom stereocenters. The highest BCUT2D eigenvalue weighted by Crippen LogP contribution is 2.37. The lowest BCUT2D eigenvalue weighted by atomic mass is 9.77. The van der Waals surface area contributed by atoms with Crippen LogP contribution in [0.3, 0.4) is 0 Å². The Morgan fingerprint density at radius 1 is 1.38 bits per heavy atom. The van der Waals surface area contributed by atoms with Crippen LogP contribution in [0.2, 0.25) is 0 Å². The highest BCUT2D eigenvalue weighted by Gasteiger charge is 2.31. The zero-order valence-corrected chi connectivity index (χ0v) is 12.5. The van der Waals surface area contributed by atoms with Gasteiger partial charge in [-0.3, -0.25) is 16.3 Å². The van der Waals surface area contributed by atoms with E-state index in [1.807, 2.05) is 12.3 Å². The average molecular weight is 285 g/mol. The van der Waals surface area contributed by atoms with Gasteiger partial charge in [0.05, 0.1) is 11.6 Å². The van der Waals surface area contributed by atoms with E-state index in [0.717, 1.165) is 36.8 Å². The Morgan fingerprint density at radius 2 is 2.24 bits per heavy atom. The molecular formula is C17H23N3O. The Balaban J connectivity index is 1.67. The molecule has 0 spiro atoms. The average Bonchev–Trinajstić information content (AvgIpc) is 2.49. The van der Waals surface area contributed by atoms with Crippen molar-refractivity contribution in [2.24, 2.45) is 11.8 Å². The molecule has 1 aliphatic rings. The van der Waals surface area contributed by atoms with Crippen LogP contribution >= 0.6 is 0 Å². The molecule has 21 heavy (non-hydrogen) atoms. The van der Waals surface area contributed by atoms with Crippen LogP contribution in [-0.2, 0) is 4.74 Å². The van der Waals surface area contributed by atoms with Crippen LogP contribution in [0.4, 0.5) is 0 Å². The number of rotatable bonds is 6. The number of hydrogen-bond donors (Lipinski definition) is 2. The maximum atomic E-state index is 5.77. The summed E-state index contributed by atoms with van der Waals surface area (Å²) in [6.07, 6.45) is 5.64. The minimum absolute atomic E-state index is 0.184. The van der Waals surface area contributed by atoms with Crippen LogP contribution in [0.15, 0.2) is 36.5 Å². The number of nitrogens with one attached hydrogen (secondary N) is 1. The SMILES string of the molecule is CCOC1CC(CC(NN)c2ccc3cccnc3c2)C1. The molecule has 1 fully saturated rings. The molecule has 1 aliphatic carbocycles. The zero-order valence-electron chi connectivity index (χ0n) is 12.5. The van der Waals surface area contributed by atoms with Gasteiger partial charge in [0.25, 0.3) is 0 Å². The Hall–Kier alpha value is -1.49. The summed E-state index contributed by atoms with van der Waals surface area (Å²) < 4.78 is 5.62. The molecule has 0 amide bonds. The number of nitrogens with zero attached hydrogens (tertiary/aromatic N) is 1. The molecule has 1 aromatic carbocycles. The molecule has 1 saturated carbocycles. The Bertz CT molecular complexity index is 595. The van der Waals surface area contributed by atoms with Crippen molar-refractivity contribution in [3.63, 3.8) is 0 Å². The van der Waals surface area contributed by atoms with Gasteiger partial charge in [-0.1, -0.05) is 18.2 Å². The summed E-state index contributed by atoms with van der Waals surface area (Å²) in [5.74, 6) is 6.46. The van der Waals surface area contributed by atoms with Crippen molar-refractivity contribution >= 4 is 10.9 Å². The summed E-state index contributed by atoms with van der Waals surface area (Å²) in [5.41, 5.74) is 5.20. The van der Waals surface area contributed by atoms with E-state index < -0.39 is 0 Å². The third-order valence-corrected chi connectivity index (χ3v) is 4.40. The number of hydrazine groups is 1. The molecule has 0 bridgehead atoms. The Kier molecular flexibility index (Phi) is 4.48. The van der Waals surface area contributed by atoms with Gasteiger partial charge in [0.1, 0.15) is 0 Å². The first-order valence-electron chi connectivity index (χ1n) is 7.72. The van der Waals surface area contributed by atoms with Gasteiger partial charge >= 0.3 is 0 Å². The smallest absolute Gasteiger partial charge is 0.0705 e. The number of aromatic nitrogens is 1. The molecule has 3 rings (SSSR count). The number of pyridine rings is 1. The van der Waals surface area contributed by atoms with Crippen molar-refractivity contribution in [2.75, 3.05) is 6.61 Å². The van der Waals surface area contributed by atoms with Crippen LogP contribution in [0.5, 0.6) is 0 Å². The molecule has 1 unspecified atom stereocenters. The second-order valence-electron chi connectivity index (χ2n) is 5.83. The molecular weight excluding hydrogens is 262 g/mol. The summed E-state index contributed by atoms with van der Waals surface area (Å²) in [5, 5.41) is 1.16. The summed E-state index contributed by atoms with van der Waals surface area (Å²) in [7, 11) is 0. The molecule has 2 aromatic rings. The Labute approximate surface area is 125 Å². The molecule has 0 aliphatic heterocycles. The second kappa shape index (κ2) is 6.52. The van der Waals surface area contributed by atoms with Crippen molar-refractivity contribution < 1.29 is 4.74 Å². The van der Waals surface area contributed by atoms with Crippen LogP contribution in [-0.4, -0.2) is 17.7 Å². The molecule has 112 valence electrons. The first-order valence-corrected chi connectivity index (χ1v) is 7.72. The molecule has 4 heteroatoms. The molecule has 4 nitrogen and oxygen atoms in total. The van der Waals surface area contributed by atoms with Gasteiger partial charge < -0.3 is 4.74 Å². The van der Waals surface area contributed by atoms with Crippen molar-refractivity contribution in [3.8, 4) is 0 Å². The number of ether oxygens (including phenoxy) is 1. The van der Waals surface area contributed by atoms with Gasteiger partial charge in [0, 0.05) is 24.2 Å². The van der Waals surface area contributed by atoms with E-state index in [1.165, 1.54) is 5.56 Å². The van der Waals surface area contributed by atoms with E-state index >= 15 is 0 Å². The van der Waals surface area contributed by atoms with Crippen LogP contribution in [0.1, 0.15) is 37.8 Å². The topological polar surface area (TPSA) is 60.2 Å². The fourth-order valence-electron chi connectivity index (χ4n) is 3.17. The van der Waals surface area contributed by atoms with Crippen molar-refractivity contribution in [1.29, 1.82) is 0 Å². The number of hydrogen-bond acceptors (Lipinski definition) is 4. The van der Waals surface area contributed by atoms with Crippen molar-refractivity contribution in [3.05, 3.63) is 42.1 Å². The van der Waals surface area contributed by atoms with Crippen LogP contribution in [0.25, 0.3) is 10.9 Å². The highest BCUT2D eigenvalue weighted by atomic mass is 16.5. The predicted octanol–water partition coefficient (Wildman–Crippen LogP) is 2.94. The fraction of sp³-hybridized carbons (Fsp3) is 0.471. The first-order chi connectivity index (χ1) is 10.3. The number of fused-ring (bicyclic) bond motifs is 1. The minimum Gasteiger partial charge on any atom is -0.378 e.